The van der Waals surface area contributed by atoms with Gasteiger partial charge in [0.2, 0.25) is 5.95 Å². The van der Waals surface area contributed by atoms with E-state index in [9.17, 15) is 4.79 Å². The summed E-state index contributed by atoms with van der Waals surface area (Å²) in [5.41, 5.74) is 4.30. The van der Waals surface area contributed by atoms with E-state index >= 15 is 0 Å². The van der Waals surface area contributed by atoms with Gasteiger partial charge in [-0.1, -0.05) is 18.2 Å². The summed E-state index contributed by atoms with van der Waals surface area (Å²) in [6, 6.07) is 13.8. The predicted molar refractivity (Wildman–Crippen MR) is 105 cm³/mol. The van der Waals surface area contributed by atoms with Gasteiger partial charge in [-0.05, 0) is 24.3 Å². The standard InChI is InChI=1S/C21H19N5O2/c27-20(16-13-28-19-12-22-11-15(16)19)25-21-24-17-6-1-2-7-18(17)26(21)10-8-14-5-3-4-9-23-14/h1-7,9,13,22H,8,10-12H2,(H,24,25,27). The van der Waals surface area contributed by atoms with Gasteiger partial charge in [-0.3, -0.25) is 15.1 Å². The number of nitrogens with one attached hydrogen (secondary N) is 2. The van der Waals surface area contributed by atoms with Crippen LogP contribution in [0, 0.1) is 0 Å². The summed E-state index contributed by atoms with van der Waals surface area (Å²) in [6.07, 6.45) is 4.06. The number of furan rings is 1. The van der Waals surface area contributed by atoms with Gasteiger partial charge in [0.1, 0.15) is 12.0 Å². The van der Waals surface area contributed by atoms with Crippen molar-refractivity contribution in [1.29, 1.82) is 0 Å². The summed E-state index contributed by atoms with van der Waals surface area (Å²) in [4.78, 5) is 21.9. The molecular formula is C21H19N5O2. The number of aryl methyl sites for hydroxylation is 2. The van der Waals surface area contributed by atoms with Gasteiger partial charge in [0.05, 0.1) is 23.1 Å². The van der Waals surface area contributed by atoms with Crippen molar-refractivity contribution in [3.8, 4) is 0 Å². The number of pyridine rings is 1. The predicted octanol–water partition coefficient (Wildman–Crippen LogP) is 3.12. The second kappa shape index (κ2) is 6.94. The Morgan fingerprint density at radius 3 is 2.96 bits per heavy atom. The maximum atomic E-state index is 12.9. The van der Waals surface area contributed by atoms with Crippen molar-refractivity contribution in [2.45, 2.75) is 26.1 Å². The second-order valence-electron chi connectivity index (χ2n) is 6.76. The third-order valence-corrected chi connectivity index (χ3v) is 5.01. The van der Waals surface area contributed by atoms with Crippen LogP contribution >= 0.6 is 0 Å². The lowest BCUT2D eigenvalue weighted by Crippen LogP contribution is -2.17. The number of carbonyl (C=O) groups excluding carboxylic acids is 1. The number of para-hydroxylation sites is 2. The van der Waals surface area contributed by atoms with Crippen LogP contribution in [0.3, 0.4) is 0 Å². The molecule has 0 atom stereocenters. The van der Waals surface area contributed by atoms with Crippen molar-refractivity contribution in [3.63, 3.8) is 0 Å². The van der Waals surface area contributed by atoms with Crippen LogP contribution in [0.4, 0.5) is 5.95 Å². The summed E-state index contributed by atoms with van der Waals surface area (Å²) in [5.74, 6) is 1.15. The summed E-state index contributed by atoms with van der Waals surface area (Å²) in [7, 11) is 0. The first-order chi connectivity index (χ1) is 13.8. The Labute approximate surface area is 161 Å². The Morgan fingerprint density at radius 1 is 1.18 bits per heavy atom. The molecule has 1 amide bonds. The molecule has 1 aliphatic heterocycles. The third kappa shape index (κ3) is 2.95. The Kier molecular flexibility index (Phi) is 4.14. The van der Waals surface area contributed by atoms with E-state index in [1.165, 1.54) is 6.26 Å². The number of nitrogens with zero attached hydrogens (tertiary/aromatic N) is 3. The van der Waals surface area contributed by atoms with Crippen molar-refractivity contribution in [3.05, 3.63) is 77.5 Å². The van der Waals surface area contributed by atoms with E-state index in [1.807, 2.05) is 47.0 Å². The summed E-state index contributed by atoms with van der Waals surface area (Å²) >= 11 is 0. The van der Waals surface area contributed by atoms with Crippen molar-refractivity contribution in [2.75, 3.05) is 5.32 Å². The Hall–Kier alpha value is -3.45. The average molecular weight is 373 g/mol. The highest BCUT2D eigenvalue weighted by Gasteiger charge is 2.24. The largest absolute Gasteiger partial charge is 0.467 e. The number of imidazole rings is 1. The molecule has 0 saturated heterocycles. The zero-order valence-corrected chi connectivity index (χ0v) is 15.2. The van der Waals surface area contributed by atoms with E-state index < -0.39 is 0 Å². The monoisotopic (exact) mass is 373 g/mol. The Bertz CT molecular complexity index is 1150. The lowest BCUT2D eigenvalue weighted by molar-refractivity contribution is 0.102. The molecule has 4 aromatic rings. The van der Waals surface area contributed by atoms with E-state index in [0.29, 0.717) is 31.1 Å². The third-order valence-electron chi connectivity index (χ3n) is 5.01. The Balaban J connectivity index is 1.45. The van der Waals surface area contributed by atoms with E-state index in [1.54, 1.807) is 6.20 Å². The van der Waals surface area contributed by atoms with Gasteiger partial charge < -0.3 is 14.3 Å². The summed E-state index contributed by atoms with van der Waals surface area (Å²) in [6.45, 7) is 1.97. The fourth-order valence-electron chi connectivity index (χ4n) is 3.59. The van der Waals surface area contributed by atoms with Gasteiger partial charge in [0, 0.05) is 37.0 Å². The molecule has 0 aliphatic carbocycles. The van der Waals surface area contributed by atoms with Crippen LogP contribution in [0.2, 0.25) is 0 Å². The highest BCUT2D eigenvalue weighted by molar-refractivity contribution is 6.05. The minimum atomic E-state index is -0.205. The maximum Gasteiger partial charge on any atom is 0.261 e. The summed E-state index contributed by atoms with van der Waals surface area (Å²) in [5, 5.41) is 6.17. The van der Waals surface area contributed by atoms with Crippen molar-refractivity contribution in [1.82, 2.24) is 19.9 Å². The molecule has 1 aliphatic rings. The summed E-state index contributed by atoms with van der Waals surface area (Å²) < 4.78 is 7.53. The van der Waals surface area contributed by atoms with E-state index in [-0.39, 0.29) is 5.91 Å². The van der Waals surface area contributed by atoms with Crippen LogP contribution in [-0.4, -0.2) is 20.4 Å². The molecule has 1 aromatic carbocycles. The quantitative estimate of drug-likeness (QED) is 0.561. The number of carbonyl (C=O) groups is 1. The number of anilines is 1. The Morgan fingerprint density at radius 2 is 2.07 bits per heavy atom. The molecule has 4 heterocycles. The molecule has 5 rings (SSSR count). The lowest BCUT2D eigenvalue weighted by Gasteiger charge is -2.10. The van der Waals surface area contributed by atoms with E-state index in [4.69, 9.17) is 4.42 Å². The van der Waals surface area contributed by atoms with Crippen LogP contribution in [-0.2, 0) is 26.1 Å². The first-order valence-electron chi connectivity index (χ1n) is 9.26. The molecule has 0 unspecified atom stereocenters. The molecule has 7 nitrogen and oxygen atoms in total. The number of rotatable bonds is 5. The number of benzene rings is 1. The molecule has 3 aromatic heterocycles. The second-order valence-corrected chi connectivity index (χ2v) is 6.76. The molecule has 0 saturated carbocycles. The molecule has 0 radical (unpaired) electrons. The molecule has 0 fully saturated rings. The molecular weight excluding hydrogens is 354 g/mol. The number of hydrogen-bond donors (Lipinski definition) is 2. The maximum absolute atomic E-state index is 12.9. The normalized spacial score (nSPS) is 13.0. The molecule has 28 heavy (non-hydrogen) atoms. The van der Waals surface area contributed by atoms with Gasteiger partial charge in [-0.2, -0.15) is 0 Å². The van der Waals surface area contributed by atoms with Gasteiger partial charge >= 0.3 is 0 Å². The molecule has 0 bridgehead atoms. The SMILES string of the molecule is O=C(Nc1nc2ccccc2n1CCc1ccccn1)c1coc2c1CNC2. The van der Waals surface area contributed by atoms with Gasteiger partial charge in [-0.25, -0.2) is 4.98 Å². The lowest BCUT2D eigenvalue weighted by atomic mass is 10.1. The van der Waals surface area contributed by atoms with Gasteiger partial charge in [0.15, 0.2) is 0 Å². The van der Waals surface area contributed by atoms with Gasteiger partial charge in [-0.15, -0.1) is 0 Å². The van der Waals surface area contributed by atoms with Crippen molar-refractivity contribution >= 4 is 22.9 Å². The fraction of sp³-hybridized carbons (Fsp3) is 0.190. The van der Waals surface area contributed by atoms with Crippen LogP contribution < -0.4 is 10.6 Å². The van der Waals surface area contributed by atoms with E-state index in [0.717, 1.165) is 34.5 Å². The fourth-order valence-corrected chi connectivity index (χ4v) is 3.59. The number of amides is 1. The van der Waals surface area contributed by atoms with Crippen LogP contribution in [0.15, 0.2) is 59.3 Å². The number of aromatic nitrogens is 3. The zero-order valence-electron chi connectivity index (χ0n) is 15.2. The smallest absolute Gasteiger partial charge is 0.261 e. The average Bonchev–Trinajstić information content (AvgIpc) is 3.41. The molecule has 140 valence electrons. The topological polar surface area (TPSA) is 85.0 Å². The van der Waals surface area contributed by atoms with Crippen LogP contribution in [0.1, 0.15) is 27.4 Å². The molecule has 0 spiro atoms. The number of fused-ring (bicyclic) bond motifs is 2. The van der Waals surface area contributed by atoms with Crippen LogP contribution in [0.5, 0.6) is 0 Å². The first-order valence-corrected chi connectivity index (χ1v) is 9.26. The first kappa shape index (κ1) is 16.7. The zero-order chi connectivity index (χ0) is 18.9. The minimum Gasteiger partial charge on any atom is -0.467 e. The minimum absolute atomic E-state index is 0.205. The highest BCUT2D eigenvalue weighted by Crippen LogP contribution is 2.24. The molecule has 7 heteroatoms. The van der Waals surface area contributed by atoms with Gasteiger partial charge in [0.25, 0.3) is 5.91 Å². The number of hydrogen-bond acceptors (Lipinski definition) is 5. The van der Waals surface area contributed by atoms with Crippen LogP contribution in [0.25, 0.3) is 11.0 Å². The van der Waals surface area contributed by atoms with E-state index in [2.05, 4.69) is 20.6 Å². The molecule has 2 N–H and O–H groups in total. The highest BCUT2D eigenvalue weighted by atomic mass is 16.3. The van der Waals surface area contributed by atoms with Crippen molar-refractivity contribution < 1.29 is 9.21 Å². The van der Waals surface area contributed by atoms with Crippen molar-refractivity contribution in [2.24, 2.45) is 0 Å².